The van der Waals surface area contributed by atoms with Crippen molar-refractivity contribution in [2.75, 3.05) is 20.3 Å². The maximum Gasteiger partial charge on any atom is 0.122 e. The van der Waals surface area contributed by atoms with Gasteiger partial charge in [-0.15, -0.1) is 0 Å². The van der Waals surface area contributed by atoms with Crippen LogP contribution in [0.5, 0.6) is 5.75 Å². The number of hydrogen-bond acceptors (Lipinski definition) is 3. The Kier molecular flexibility index (Phi) is 3.88. The van der Waals surface area contributed by atoms with Gasteiger partial charge in [-0.2, -0.15) is 0 Å². The van der Waals surface area contributed by atoms with Gasteiger partial charge in [0.25, 0.3) is 0 Å². The normalized spacial score (nSPS) is 18.8. The molecule has 2 N–H and O–H groups in total. The molecule has 1 aliphatic heterocycles. The Bertz CT molecular complexity index is 476. The molecule has 0 aliphatic carbocycles. The number of nitrogens with two attached hydrogens (primary N) is 1. The molecule has 0 saturated carbocycles. The summed E-state index contributed by atoms with van der Waals surface area (Å²) in [4.78, 5) is 0. The van der Waals surface area contributed by atoms with E-state index in [0.717, 1.165) is 25.4 Å². The quantitative estimate of drug-likeness (QED) is 0.908. The summed E-state index contributed by atoms with van der Waals surface area (Å²) in [5, 5.41) is 0. The Balaban J connectivity index is 2.52. The fourth-order valence-electron chi connectivity index (χ4n) is 3.40. The van der Waals surface area contributed by atoms with Gasteiger partial charge in [-0.25, -0.2) is 0 Å². The molecule has 19 heavy (non-hydrogen) atoms. The van der Waals surface area contributed by atoms with Crippen LogP contribution in [0.3, 0.4) is 0 Å². The van der Waals surface area contributed by atoms with Crippen LogP contribution in [0.1, 0.15) is 35.6 Å². The first-order valence-electron chi connectivity index (χ1n) is 6.90. The van der Waals surface area contributed by atoms with Crippen molar-refractivity contribution in [2.45, 2.75) is 45.6 Å². The van der Waals surface area contributed by atoms with Crippen molar-refractivity contribution in [3.8, 4) is 5.75 Å². The van der Waals surface area contributed by atoms with E-state index >= 15 is 0 Å². The summed E-state index contributed by atoms with van der Waals surface area (Å²) >= 11 is 0. The van der Waals surface area contributed by atoms with Crippen molar-refractivity contribution in [1.29, 1.82) is 0 Å². The monoisotopic (exact) mass is 263 g/mol. The summed E-state index contributed by atoms with van der Waals surface area (Å²) in [5.41, 5.74) is 11.4. The molecule has 1 atom stereocenters. The van der Waals surface area contributed by atoms with Gasteiger partial charge < -0.3 is 15.2 Å². The molecule has 0 bridgehead atoms. The van der Waals surface area contributed by atoms with Gasteiger partial charge in [0, 0.05) is 11.5 Å². The van der Waals surface area contributed by atoms with Gasteiger partial charge >= 0.3 is 0 Å². The second kappa shape index (κ2) is 5.14. The minimum absolute atomic E-state index is 0.0966. The molecule has 0 spiro atoms. The number of aryl methyl sites for hydroxylation is 1. The number of methoxy groups -OCH3 is 1. The molecule has 1 fully saturated rings. The number of ether oxygens (including phenoxy) is 2. The maximum absolute atomic E-state index is 6.04. The fourth-order valence-corrected chi connectivity index (χ4v) is 3.40. The van der Waals surface area contributed by atoms with Crippen LogP contribution in [0.4, 0.5) is 0 Å². The highest BCUT2D eigenvalue weighted by atomic mass is 16.5. The lowest BCUT2D eigenvalue weighted by Gasteiger charge is -2.45. The second-order valence-electron chi connectivity index (χ2n) is 5.98. The zero-order chi connectivity index (χ0) is 14.2. The molecule has 3 heteroatoms. The molecule has 1 aromatic rings. The van der Waals surface area contributed by atoms with Crippen molar-refractivity contribution in [2.24, 2.45) is 5.73 Å². The van der Waals surface area contributed by atoms with Crippen LogP contribution >= 0.6 is 0 Å². The molecule has 106 valence electrons. The third-order valence-electron chi connectivity index (χ3n) is 4.27. The Morgan fingerprint density at radius 3 is 2.37 bits per heavy atom. The van der Waals surface area contributed by atoms with Crippen LogP contribution in [-0.2, 0) is 10.2 Å². The van der Waals surface area contributed by atoms with E-state index in [4.69, 9.17) is 15.2 Å². The molecule has 1 aliphatic rings. The third kappa shape index (κ3) is 2.37. The molecule has 1 saturated heterocycles. The van der Waals surface area contributed by atoms with Gasteiger partial charge in [0.05, 0.1) is 20.3 Å². The number of hydrogen-bond donors (Lipinski definition) is 1. The summed E-state index contributed by atoms with van der Waals surface area (Å²) in [5.74, 6) is 0.968. The molecular formula is C16H25NO2. The standard InChI is InChI=1S/C16H25NO2/c1-10-6-14(18-5)12(3)13(4)15(10)16(7-11(2)17)8-19-9-16/h6,11H,7-9,17H2,1-5H3. The highest BCUT2D eigenvalue weighted by Crippen LogP contribution is 2.42. The van der Waals surface area contributed by atoms with Crippen LogP contribution in [0.25, 0.3) is 0 Å². The predicted octanol–water partition coefficient (Wildman–Crippen LogP) is 2.63. The zero-order valence-corrected chi connectivity index (χ0v) is 12.7. The molecule has 1 unspecified atom stereocenters. The number of benzene rings is 1. The first-order chi connectivity index (χ1) is 8.91. The van der Waals surface area contributed by atoms with Crippen molar-refractivity contribution in [1.82, 2.24) is 0 Å². The van der Waals surface area contributed by atoms with Crippen LogP contribution < -0.4 is 10.5 Å². The summed E-state index contributed by atoms with van der Waals surface area (Å²) in [6.07, 6.45) is 0.973. The molecule has 0 radical (unpaired) electrons. The van der Waals surface area contributed by atoms with Crippen LogP contribution in [-0.4, -0.2) is 26.4 Å². The van der Waals surface area contributed by atoms with Gasteiger partial charge in [0.1, 0.15) is 5.75 Å². The van der Waals surface area contributed by atoms with E-state index in [1.165, 1.54) is 22.3 Å². The fraction of sp³-hybridized carbons (Fsp3) is 0.625. The van der Waals surface area contributed by atoms with E-state index < -0.39 is 0 Å². The highest BCUT2D eigenvalue weighted by Gasteiger charge is 2.43. The lowest BCUT2D eigenvalue weighted by molar-refractivity contribution is -0.0671. The van der Waals surface area contributed by atoms with Crippen molar-refractivity contribution in [3.05, 3.63) is 28.3 Å². The Morgan fingerprint density at radius 1 is 1.32 bits per heavy atom. The van der Waals surface area contributed by atoms with E-state index in [0.29, 0.717) is 0 Å². The molecule has 0 aromatic heterocycles. The van der Waals surface area contributed by atoms with E-state index in [-0.39, 0.29) is 11.5 Å². The lowest BCUT2D eigenvalue weighted by Crippen LogP contribution is -2.50. The lowest BCUT2D eigenvalue weighted by atomic mass is 9.70. The third-order valence-corrected chi connectivity index (χ3v) is 4.27. The van der Waals surface area contributed by atoms with Crippen molar-refractivity contribution in [3.63, 3.8) is 0 Å². The summed E-state index contributed by atoms with van der Waals surface area (Å²) < 4.78 is 11.0. The van der Waals surface area contributed by atoms with Crippen LogP contribution in [0.15, 0.2) is 6.07 Å². The zero-order valence-electron chi connectivity index (χ0n) is 12.7. The van der Waals surface area contributed by atoms with Crippen LogP contribution in [0, 0.1) is 20.8 Å². The Labute approximate surface area is 116 Å². The Hall–Kier alpha value is -1.06. The first kappa shape index (κ1) is 14.4. The smallest absolute Gasteiger partial charge is 0.122 e. The second-order valence-corrected chi connectivity index (χ2v) is 5.98. The SMILES string of the molecule is COc1cc(C)c(C2(CC(C)N)COC2)c(C)c1C. The summed E-state index contributed by atoms with van der Waals surface area (Å²) in [6.45, 7) is 10.1. The average molecular weight is 263 g/mol. The van der Waals surface area contributed by atoms with E-state index in [2.05, 4.69) is 33.8 Å². The minimum Gasteiger partial charge on any atom is -0.496 e. The van der Waals surface area contributed by atoms with Crippen molar-refractivity contribution < 1.29 is 9.47 Å². The Morgan fingerprint density at radius 2 is 1.95 bits per heavy atom. The minimum atomic E-state index is 0.0966. The summed E-state index contributed by atoms with van der Waals surface area (Å²) in [6, 6.07) is 2.32. The molecular weight excluding hydrogens is 238 g/mol. The topological polar surface area (TPSA) is 44.5 Å². The van der Waals surface area contributed by atoms with Gasteiger partial charge in [-0.3, -0.25) is 0 Å². The summed E-state index contributed by atoms with van der Waals surface area (Å²) in [7, 11) is 1.73. The van der Waals surface area contributed by atoms with E-state index in [9.17, 15) is 0 Å². The van der Waals surface area contributed by atoms with Crippen LogP contribution in [0.2, 0.25) is 0 Å². The van der Waals surface area contributed by atoms with Crippen molar-refractivity contribution >= 4 is 0 Å². The number of rotatable bonds is 4. The van der Waals surface area contributed by atoms with Gasteiger partial charge in [-0.1, -0.05) is 0 Å². The largest absolute Gasteiger partial charge is 0.496 e. The first-order valence-corrected chi connectivity index (χ1v) is 6.90. The molecule has 1 aromatic carbocycles. The van der Waals surface area contributed by atoms with Gasteiger partial charge in [0.15, 0.2) is 0 Å². The van der Waals surface area contributed by atoms with E-state index in [1.807, 2.05) is 0 Å². The van der Waals surface area contributed by atoms with Gasteiger partial charge in [0.2, 0.25) is 0 Å². The van der Waals surface area contributed by atoms with E-state index in [1.54, 1.807) is 7.11 Å². The van der Waals surface area contributed by atoms with Gasteiger partial charge in [-0.05, 0) is 62.4 Å². The molecule has 0 amide bonds. The molecule has 2 rings (SSSR count). The maximum atomic E-state index is 6.04. The highest BCUT2D eigenvalue weighted by molar-refractivity contribution is 5.52. The predicted molar refractivity (Wildman–Crippen MR) is 78.0 cm³/mol. The molecule has 3 nitrogen and oxygen atoms in total. The average Bonchev–Trinajstić information content (AvgIpc) is 2.30. The molecule has 1 heterocycles.